The third-order valence-electron chi connectivity index (χ3n) is 2.91. The van der Waals surface area contributed by atoms with E-state index in [-0.39, 0.29) is 11.3 Å². The lowest BCUT2D eigenvalue weighted by Gasteiger charge is -2.03. The summed E-state index contributed by atoms with van der Waals surface area (Å²) in [5.41, 5.74) is 0.882. The summed E-state index contributed by atoms with van der Waals surface area (Å²) in [4.78, 5) is 32.3. The van der Waals surface area contributed by atoms with Crippen molar-refractivity contribution in [2.75, 3.05) is 0 Å². The van der Waals surface area contributed by atoms with Crippen molar-refractivity contribution < 1.29 is 27.6 Å². The molecule has 0 unspecified atom stereocenters. The van der Waals surface area contributed by atoms with Crippen LogP contribution >= 0.6 is 0 Å². The Bertz CT molecular complexity index is 692. The quantitative estimate of drug-likeness (QED) is 0.618. The van der Waals surface area contributed by atoms with Gasteiger partial charge in [-0.2, -0.15) is 13.2 Å². The van der Waals surface area contributed by atoms with Crippen LogP contribution in [0.5, 0.6) is 0 Å². The molecule has 0 aliphatic heterocycles. The molecular weight excluding hydrogens is 321 g/mol. The van der Waals surface area contributed by atoms with E-state index in [1.165, 1.54) is 24.3 Å². The van der Waals surface area contributed by atoms with Gasteiger partial charge in [-0.25, -0.2) is 0 Å². The molecule has 24 heavy (non-hydrogen) atoms. The van der Waals surface area contributed by atoms with E-state index < -0.39 is 24.2 Å². The van der Waals surface area contributed by atoms with Crippen molar-refractivity contribution in [1.82, 2.24) is 0 Å². The topological polar surface area (TPSA) is 51.2 Å². The lowest BCUT2D eigenvalue weighted by Crippen LogP contribution is -2.25. The van der Waals surface area contributed by atoms with Gasteiger partial charge in [0, 0.05) is 11.1 Å². The third-order valence-corrected chi connectivity index (χ3v) is 2.91. The van der Waals surface area contributed by atoms with Crippen LogP contribution in [0.2, 0.25) is 0 Å². The monoisotopic (exact) mass is 336 g/mol. The number of benzene rings is 2. The summed E-state index contributed by atoms with van der Waals surface area (Å²) in [6.07, 6.45) is -6.07. The first-order valence-electron chi connectivity index (χ1n) is 6.96. The Balaban J connectivity index is 0.000000272. The first-order valence-corrected chi connectivity index (χ1v) is 6.96. The van der Waals surface area contributed by atoms with Gasteiger partial charge in [-0.3, -0.25) is 14.4 Å². The second kappa shape index (κ2) is 8.76. The zero-order valence-corrected chi connectivity index (χ0v) is 12.8. The summed E-state index contributed by atoms with van der Waals surface area (Å²) in [7, 11) is 0. The molecule has 0 radical (unpaired) electrons. The van der Waals surface area contributed by atoms with E-state index in [0.717, 1.165) is 5.56 Å². The Labute approximate surface area is 137 Å². The Morgan fingerprint density at radius 1 is 0.792 bits per heavy atom. The molecule has 6 heteroatoms. The molecule has 0 spiro atoms. The molecule has 2 rings (SSSR count). The Morgan fingerprint density at radius 2 is 1.21 bits per heavy atom. The van der Waals surface area contributed by atoms with Gasteiger partial charge in [0.15, 0.2) is 11.6 Å². The number of alkyl halides is 3. The third kappa shape index (κ3) is 6.56. The normalized spacial score (nSPS) is 10.3. The van der Waals surface area contributed by atoms with Crippen LogP contribution in [0.1, 0.15) is 34.1 Å². The molecule has 3 nitrogen and oxygen atoms in total. The highest BCUT2D eigenvalue weighted by atomic mass is 19.4. The molecule has 0 aromatic heterocycles. The minimum Gasteiger partial charge on any atom is -0.295 e. The number of hydrogen-bond donors (Lipinski definition) is 0. The SMILES string of the molecule is CC(=O)c1ccccc1.O=C(CC(=O)C(F)(F)F)c1ccccc1. The molecule has 0 aliphatic rings. The maximum Gasteiger partial charge on any atom is 0.450 e. The summed E-state index contributed by atoms with van der Waals surface area (Å²) >= 11 is 0. The first kappa shape index (κ1) is 19.3. The van der Waals surface area contributed by atoms with Crippen LogP contribution in [0, 0.1) is 0 Å². The first-order chi connectivity index (χ1) is 11.2. The summed E-state index contributed by atoms with van der Waals surface area (Å²) in [5, 5.41) is 0. The Kier molecular flexibility index (Phi) is 7.04. The van der Waals surface area contributed by atoms with Crippen LogP contribution < -0.4 is 0 Å². The van der Waals surface area contributed by atoms with Gasteiger partial charge >= 0.3 is 6.18 Å². The summed E-state index contributed by atoms with van der Waals surface area (Å²) in [6.45, 7) is 1.56. The molecule has 0 saturated carbocycles. The van der Waals surface area contributed by atoms with Gasteiger partial charge in [-0.05, 0) is 6.92 Å². The lowest BCUT2D eigenvalue weighted by atomic mass is 10.1. The molecule has 0 atom stereocenters. The second-order valence-corrected chi connectivity index (χ2v) is 4.81. The number of carbonyl (C=O) groups is 3. The van der Waals surface area contributed by atoms with Crippen LogP contribution in [-0.4, -0.2) is 23.5 Å². The molecule has 0 saturated heterocycles. The van der Waals surface area contributed by atoms with Crippen molar-refractivity contribution in [2.45, 2.75) is 19.5 Å². The molecule has 0 bridgehead atoms. The zero-order chi connectivity index (χ0) is 18.2. The lowest BCUT2D eigenvalue weighted by molar-refractivity contribution is -0.170. The molecule has 2 aromatic carbocycles. The van der Waals surface area contributed by atoms with Crippen molar-refractivity contribution >= 4 is 17.3 Å². The molecule has 0 aliphatic carbocycles. The minimum absolute atomic E-state index is 0.107. The average molecular weight is 336 g/mol. The van der Waals surface area contributed by atoms with E-state index >= 15 is 0 Å². The summed E-state index contributed by atoms with van der Waals surface area (Å²) in [6, 6.07) is 16.6. The van der Waals surface area contributed by atoms with Crippen molar-refractivity contribution in [2.24, 2.45) is 0 Å². The van der Waals surface area contributed by atoms with E-state index in [4.69, 9.17) is 0 Å². The van der Waals surface area contributed by atoms with Gasteiger partial charge in [-0.1, -0.05) is 60.7 Å². The van der Waals surface area contributed by atoms with Crippen LogP contribution in [0.4, 0.5) is 13.2 Å². The predicted molar refractivity (Wildman–Crippen MR) is 82.9 cm³/mol. The molecule has 126 valence electrons. The average Bonchev–Trinajstić information content (AvgIpc) is 2.56. The second-order valence-electron chi connectivity index (χ2n) is 4.81. The van der Waals surface area contributed by atoms with Gasteiger partial charge in [0.2, 0.25) is 5.78 Å². The fraction of sp³-hybridized carbons (Fsp3) is 0.167. The molecule has 0 fully saturated rings. The van der Waals surface area contributed by atoms with Gasteiger partial charge in [-0.15, -0.1) is 0 Å². The van der Waals surface area contributed by atoms with E-state index in [0.29, 0.717) is 0 Å². The standard InChI is InChI=1S/C10H7F3O2.C8H8O/c11-10(12,13)9(15)6-8(14)7-4-2-1-3-5-7;1-7(9)8-5-3-2-4-6-8/h1-5H,6H2;2-6H,1H3. The molecule has 2 aromatic rings. The van der Waals surface area contributed by atoms with Gasteiger partial charge in [0.05, 0.1) is 6.42 Å². The van der Waals surface area contributed by atoms with Gasteiger partial charge in [0.25, 0.3) is 0 Å². The number of ketones is 3. The van der Waals surface area contributed by atoms with Gasteiger partial charge in [0.1, 0.15) is 0 Å². The zero-order valence-electron chi connectivity index (χ0n) is 12.8. The van der Waals surface area contributed by atoms with Crippen LogP contribution in [0.25, 0.3) is 0 Å². The van der Waals surface area contributed by atoms with E-state index in [1.807, 2.05) is 30.3 Å². The molecule has 0 heterocycles. The van der Waals surface area contributed by atoms with Crippen molar-refractivity contribution in [3.63, 3.8) is 0 Å². The summed E-state index contributed by atoms with van der Waals surface area (Å²) < 4.78 is 35.5. The number of rotatable bonds is 4. The number of Topliss-reactive ketones (excluding diaryl/α,β-unsaturated/α-hetero) is 3. The van der Waals surface area contributed by atoms with Crippen LogP contribution in [-0.2, 0) is 4.79 Å². The molecular formula is C18H15F3O3. The fourth-order valence-corrected chi connectivity index (χ4v) is 1.65. The van der Waals surface area contributed by atoms with E-state index in [9.17, 15) is 27.6 Å². The highest BCUT2D eigenvalue weighted by molar-refractivity contribution is 6.09. The van der Waals surface area contributed by atoms with Crippen molar-refractivity contribution in [1.29, 1.82) is 0 Å². The highest BCUT2D eigenvalue weighted by Gasteiger charge is 2.39. The minimum atomic E-state index is -4.94. The van der Waals surface area contributed by atoms with Crippen molar-refractivity contribution in [3.05, 3.63) is 71.8 Å². The number of carbonyl (C=O) groups excluding carboxylic acids is 3. The molecule has 0 amide bonds. The van der Waals surface area contributed by atoms with Crippen molar-refractivity contribution in [3.8, 4) is 0 Å². The largest absolute Gasteiger partial charge is 0.450 e. The molecule has 0 N–H and O–H groups in total. The number of halogens is 3. The number of hydrogen-bond acceptors (Lipinski definition) is 3. The fourth-order valence-electron chi connectivity index (χ4n) is 1.65. The summed E-state index contributed by atoms with van der Waals surface area (Å²) in [5.74, 6) is -2.72. The van der Waals surface area contributed by atoms with Crippen LogP contribution in [0.3, 0.4) is 0 Å². The van der Waals surface area contributed by atoms with E-state index in [1.54, 1.807) is 13.0 Å². The van der Waals surface area contributed by atoms with E-state index in [2.05, 4.69) is 0 Å². The Morgan fingerprint density at radius 3 is 1.54 bits per heavy atom. The maximum atomic E-state index is 11.8. The highest BCUT2D eigenvalue weighted by Crippen LogP contribution is 2.19. The Hall–Kier alpha value is -2.76. The maximum absolute atomic E-state index is 11.8. The van der Waals surface area contributed by atoms with Crippen LogP contribution in [0.15, 0.2) is 60.7 Å². The smallest absolute Gasteiger partial charge is 0.295 e. The predicted octanol–water partition coefficient (Wildman–Crippen LogP) is 4.28. The van der Waals surface area contributed by atoms with Gasteiger partial charge < -0.3 is 0 Å².